The zero-order valence-electron chi connectivity index (χ0n) is 20.3. The van der Waals surface area contributed by atoms with Gasteiger partial charge < -0.3 is 4.90 Å². The molecule has 162 valence electrons. The average Bonchev–Trinajstić information content (AvgIpc) is 2.70. The van der Waals surface area contributed by atoms with Gasteiger partial charge in [-0.25, -0.2) is 10.0 Å². The first-order valence-electron chi connectivity index (χ1n) is 11.3. The van der Waals surface area contributed by atoms with Crippen molar-refractivity contribution in [3.63, 3.8) is 0 Å². The van der Waals surface area contributed by atoms with E-state index in [4.69, 9.17) is 0 Å². The fourth-order valence-corrected chi connectivity index (χ4v) is 8.44. The molecule has 1 fully saturated rings. The molecule has 2 atom stereocenters. The summed E-state index contributed by atoms with van der Waals surface area (Å²) >= 11 is 0. The van der Waals surface area contributed by atoms with Crippen molar-refractivity contribution in [2.45, 2.75) is 79.6 Å². The molecule has 1 aliphatic heterocycles. The highest BCUT2D eigenvalue weighted by atomic mass is 32.3. The maximum absolute atomic E-state index is 3.64. The molecule has 0 bridgehead atoms. The van der Waals surface area contributed by atoms with Gasteiger partial charge in [-0.3, -0.25) is 0 Å². The predicted octanol–water partition coefficient (Wildman–Crippen LogP) is 7.45. The Morgan fingerprint density at radius 1 is 1.18 bits per heavy atom. The summed E-state index contributed by atoms with van der Waals surface area (Å²) in [5.41, 5.74) is 1.82. The van der Waals surface area contributed by atoms with Gasteiger partial charge in [-0.2, -0.15) is 0 Å². The van der Waals surface area contributed by atoms with Crippen LogP contribution in [0.5, 0.6) is 0 Å². The van der Waals surface area contributed by atoms with E-state index in [0.29, 0.717) is 17.3 Å². The number of unbranched alkanes of at least 4 members (excludes halogenated alkanes) is 2. The van der Waals surface area contributed by atoms with Gasteiger partial charge in [-0.15, -0.1) is 5.92 Å². The van der Waals surface area contributed by atoms with E-state index < -0.39 is 10.0 Å². The van der Waals surface area contributed by atoms with E-state index in [2.05, 4.69) is 83.2 Å². The van der Waals surface area contributed by atoms with Crippen LogP contribution >= 0.6 is 10.0 Å². The van der Waals surface area contributed by atoms with E-state index in [-0.39, 0.29) is 0 Å². The fraction of sp³-hybridized carbons (Fsp3) is 0.769. The Morgan fingerprint density at radius 2 is 1.75 bits per heavy atom. The van der Waals surface area contributed by atoms with Crippen LogP contribution in [0.1, 0.15) is 79.6 Å². The number of rotatable bonds is 8. The van der Waals surface area contributed by atoms with E-state index in [0.717, 1.165) is 0 Å². The summed E-state index contributed by atoms with van der Waals surface area (Å²) in [5.74, 6) is 9.35. The number of nitrogens with zero attached hydrogens (tertiary/aromatic N) is 1. The third-order valence-corrected chi connectivity index (χ3v) is 9.55. The van der Waals surface area contributed by atoms with Crippen LogP contribution in [0.4, 0.5) is 0 Å². The highest BCUT2D eigenvalue weighted by molar-refractivity contribution is 8.35. The Kier molecular flexibility index (Phi) is 10.3. The molecular weight excluding hydrogens is 358 g/mol. The minimum Gasteiger partial charge on any atom is -0.381 e. The maximum Gasteiger partial charge on any atom is 0.0522 e. The first-order chi connectivity index (χ1) is 13.1. The lowest BCUT2D eigenvalue weighted by atomic mass is 9.71. The van der Waals surface area contributed by atoms with Gasteiger partial charge in [0, 0.05) is 19.8 Å². The Labute approximate surface area is 178 Å². The molecule has 2 heteroatoms. The largest absolute Gasteiger partial charge is 0.381 e. The SMILES string of the molecule is CC#CC1/C(=C\C=C(/C)N(C)C)S(C)(C)CC(CCCC)(CCCC)CC1C. The van der Waals surface area contributed by atoms with Crippen molar-refractivity contribution in [2.24, 2.45) is 17.3 Å². The second kappa shape index (κ2) is 11.4. The minimum absolute atomic E-state index is 0.409. The molecule has 1 nitrogen and oxygen atoms in total. The lowest BCUT2D eigenvalue weighted by Gasteiger charge is -2.43. The van der Waals surface area contributed by atoms with E-state index in [1.807, 2.05) is 6.92 Å². The van der Waals surface area contributed by atoms with Gasteiger partial charge in [0.2, 0.25) is 0 Å². The molecule has 0 aromatic heterocycles. The monoisotopic (exact) mass is 405 g/mol. The van der Waals surface area contributed by atoms with E-state index in [1.54, 1.807) is 4.91 Å². The predicted molar refractivity (Wildman–Crippen MR) is 132 cm³/mol. The third kappa shape index (κ3) is 6.91. The first kappa shape index (κ1) is 25.2. The summed E-state index contributed by atoms with van der Waals surface area (Å²) in [6.07, 6.45) is 19.4. The fourth-order valence-electron chi connectivity index (χ4n) is 4.92. The van der Waals surface area contributed by atoms with Crippen LogP contribution < -0.4 is 0 Å². The molecule has 0 saturated carbocycles. The van der Waals surface area contributed by atoms with Crippen molar-refractivity contribution in [1.82, 2.24) is 4.90 Å². The normalized spacial score (nSPS) is 26.9. The molecule has 28 heavy (non-hydrogen) atoms. The molecule has 0 spiro atoms. The van der Waals surface area contributed by atoms with E-state index >= 15 is 0 Å². The van der Waals surface area contributed by atoms with Gasteiger partial charge in [0.1, 0.15) is 0 Å². The van der Waals surface area contributed by atoms with Crippen molar-refractivity contribution < 1.29 is 0 Å². The number of hydrogen-bond donors (Lipinski definition) is 0. The third-order valence-electron chi connectivity index (χ3n) is 6.55. The van der Waals surface area contributed by atoms with Gasteiger partial charge in [0.05, 0.1) is 5.92 Å². The van der Waals surface area contributed by atoms with Gasteiger partial charge in [0.15, 0.2) is 0 Å². The Bertz CT molecular complexity index is 592. The number of allylic oxidation sites excluding steroid dienone is 4. The second-order valence-corrected chi connectivity index (χ2v) is 13.6. The topological polar surface area (TPSA) is 3.24 Å². The van der Waals surface area contributed by atoms with Gasteiger partial charge in [0.25, 0.3) is 0 Å². The smallest absolute Gasteiger partial charge is 0.0522 e. The summed E-state index contributed by atoms with van der Waals surface area (Å²) in [7, 11) is 3.40. The van der Waals surface area contributed by atoms with E-state index in [9.17, 15) is 0 Å². The zero-order valence-corrected chi connectivity index (χ0v) is 21.1. The van der Waals surface area contributed by atoms with Crippen molar-refractivity contribution in [3.8, 4) is 11.8 Å². The van der Waals surface area contributed by atoms with Crippen molar-refractivity contribution >= 4 is 10.0 Å². The summed E-state index contributed by atoms with van der Waals surface area (Å²) in [6, 6.07) is 0. The quantitative estimate of drug-likeness (QED) is 0.379. The average molecular weight is 406 g/mol. The molecule has 0 N–H and O–H groups in total. The molecule has 1 rings (SSSR count). The molecular formula is C26H47NS. The summed E-state index contributed by atoms with van der Waals surface area (Å²) < 4.78 is 0. The van der Waals surface area contributed by atoms with E-state index in [1.165, 1.54) is 56.4 Å². The van der Waals surface area contributed by atoms with Crippen molar-refractivity contribution in [1.29, 1.82) is 0 Å². The van der Waals surface area contributed by atoms with Crippen molar-refractivity contribution in [2.75, 3.05) is 32.4 Å². The van der Waals surface area contributed by atoms with Crippen LogP contribution in [-0.4, -0.2) is 37.3 Å². The van der Waals surface area contributed by atoms with Gasteiger partial charge >= 0.3 is 0 Å². The molecule has 0 amide bonds. The van der Waals surface area contributed by atoms with Gasteiger partial charge in [-0.05, 0) is 73.7 Å². The zero-order chi connectivity index (χ0) is 21.4. The molecule has 2 unspecified atom stereocenters. The van der Waals surface area contributed by atoms with Crippen LogP contribution in [0.3, 0.4) is 0 Å². The van der Waals surface area contributed by atoms with Gasteiger partial charge in [-0.1, -0.05) is 58.5 Å². The van der Waals surface area contributed by atoms with Crippen LogP contribution in [0.2, 0.25) is 0 Å². The highest BCUT2D eigenvalue weighted by Gasteiger charge is 2.43. The molecule has 1 heterocycles. The van der Waals surface area contributed by atoms with Crippen molar-refractivity contribution in [3.05, 3.63) is 22.8 Å². The maximum atomic E-state index is 3.64. The molecule has 0 radical (unpaired) electrons. The molecule has 0 aliphatic carbocycles. The molecule has 0 aromatic rings. The summed E-state index contributed by atoms with van der Waals surface area (Å²) in [6.45, 7) is 11.4. The highest BCUT2D eigenvalue weighted by Crippen LogP contribution is 2.62. The molecule has 1 saturated heterocycles. The Morgan fingerprint density at radius 3 is 2.21 bits per heavy atom. The molecule has 1 aliphatic rings. The van der Waals surface area contributed by atoms with Crippen LogP contribution in [0.15, 0.2) is 22.8 Å². The second-order valence-electron chi connectivity index (χ2n) is 9.71. The standard InChI is InChI=1S/C26H47NS/c1-10-13-18-26(19-14-11-2)20-22(4)24(15-12-3)25(28(8,9)21-26)17-16-23(5)27(6)7/h16-17,22,24H,10-11,13-14,18-21H2,1-9H3/b23-16+,25-17+. The van der Waals surface area contributed by atoms with Crippen LogP contribution in [0, 0.1) is 29.1 Å². The lowest BCUT2D eigenvalue weighted by Crippen LogP contribution is -2.28. The lowest BCUT2D eigenvalue weighted by molar-refractivity contribution is 0.199. The van der Waals surface area contributed by atoms with Crippen LogP contribution in [-0.2, 0) is 0 Å². The summed E-state index contributed by atoms with van der Waals surface area (Å²) in [5, 5.41) is 0. The van der Waals surface area contributed by atoms with Crippen LogP contribution in [0.25, 0.3) is 0 Å². The Hall–Kier alpha value is -0.810. The summed E-state index contributed by atoms with van der Waals surface area (Å²) in [4.78, 5) is 3.83. The molecule has 0 aromatic carbocycles. The number of hydrogen-bond acceptors (Lipinski definition) is 1. The Balaban J connectivity index is 3.46. The first-order valence-corrected chi connectivity index (χ1v) is 13.9. The minimum atomic E-state index is -0.859.